The topological polar surface area (TPSA) is 66.1 Å². The van der Waals surface area contributed by atoms with Gasteiger partial charge in [-0.05, 0) is 51.0 Å². The minimum absolute atomic E-state index is 0.0530. The number of likely N-dealkylation sites (tertiary alicyclic amines) is 1. The SMILES string of the molecule is C[C@H](Sc1nc2sc3c(c2c(=O)[nH]1)CCCC3)C(=O)N1CCCC1. The molecule has 1 N–H and O–H groups in total. The van der Waals surface area contributed by atoms with Gasteiger partial charge in [-0.15, -0.1) is 11.3 Å². The molecule has 1 aliphatic carbocycles. The van der Waals surface area contributed by atoms with Gasteiger partial charge in [0.15, 0.2) is 5.16 Å². The summed E-state index contributed by atoms with van der Waals surface area (Å²) in [6.07, 6.45) is 6.56. The van der Waals surface area contributed by atoms with E-state index >= 15 is 0 Å². The van der Waals surface area contributed by atoms with Crippen LogP contribution in [0.4, 0.5) is 0 Å². The molecule has 3 heterocycles. The van der Waals surface area contributed by atoms with E-state index in [0.29, 0.717) is 5.16 Å². The molecular weight excluding hydrogens is 342 g/mol. The summed E-state index contributed by atoms with van der Waals surface area (Å²) < 4.78 is 0. The van der Waals surface area contributed by atoms with Crippen molar-refractivity contribution in [3.63, 3.8) is 0 Å². The molecule has 0 aromatic carbocycles. The summed E-state index contributed by atoms with van der Waals surface area (Å²) in [4.78, 5) is 36.6. The highest BCUT2D eigenvalue weighted by Crippen LogP contribution is 2.34. The van der Waals surface area contributed by atoms with E-state index in [1.165, 1.54) is 28.6 Å². The van der Waals surface area contributed by atoms with Crippen LogP contribution in [0.25, 0.3) is 10.2 Å². The van der Waals surface area contributed by atoms with Crippen molar-refractivity contribution in [1.29, 1.82) is 0 Å². The number of rotatable bonds is 3. The molecule has 2 aromatic heterocycles. The first kappa shape index (κ1) is 16.1. The van der Waals surface area contributed by atoms with Gasteiger partial charge in [0.25, 0.3) is 5.56 Å². The summed E-state index contributed by atoms with van der Waals surface area (Å²) in [5, 5.41) is 1.11. The molecule has 2 aliphatic rings. The number of carbonyl (C=O) groups is 1. The fourth-order valence-electron chi connectivity index (χ4n) is 3.61. The molecule has 0 radical (unpaired) electrons. The van der Waals surface area contributed by atoms with Crippen LogP contribution >= 0.6 is 23.1 Å². The molecule has 1 amide bonds. The predicted octanol–water partition coefficient (Wildman–Crippen LogP) is 2.97. The second-order valence-electron chi connectivity index (χ2n) is 6.55. The third-order valence-corrected chi connectivity index (χ3v) is 7.01. The zero-order valence-electron chi connectivity index (χ0n) is 13.8. The van der Waals surface area contributed by atoms with Gasteiger partial charge >= 0.3 is 0 Å². The number of hydrogen-bond acceptors (Lipinski definition) is 5. The van der Waals surface area contributed by atoms with Gasteiger partial charge in [-0.25, -0.2) is 4.98 Å². The molecule has 0 spiro atoms. The van der Waals surface area contributed by atoms with Crippen molar-refractivity contribution in [1.82, 2.24) is 14.9 Å². The lowest BCUT2D eigenvalue weighted by Gasteiger charge is -2.19. The summed E-state index contributed by atoms with van der Waals surface area (Å²) in [5.74, 6) is 0.144. The molecule has 5 nitrogen and oxygen atoms in total. The quantitative estimate of drug-likeness (QED) is 0.672. The van der Waals surface area contributed by atoms with Crippen molar-refractivity contribution in [2.45, 2.75) is 55.9 Å². The highest BCUT2D eigenvalue weighted by Gasteiger charge is 2.25. The largest absolute Gasteiger partial charge is 0.342 e. The molecule has 7 heteroatoms. The number of amides is 1. The summed E-state index contributed by atoms with van der Waals surface area (Å²) in [6.45, 7) is 3.60. The lowest BCUT2D eigenvalue weighted by atomic mass is 9.97. The van der Waals surface area contributed by atoms with Gasteiger partial charge in [0, 0.05) is 18.0 Å². The average Bonchev–Trinajstić information content (AvgIpc) is 3.21. The molecule has 1 aliphatic heterocycles. The number of nitrogens with one attached hydrogen (secondary N) is 1. The molecule has 1 saturated heterocycles. The van der Waals surface area contributed by atoms with E-state index in [2.05, 4.69) is 9.97 Å². The zero-order chi connectivity index (χ0) is 16.7. The van der Waals surface area contributed by atoms with Crippen LogP contribution < -0.4 is 5.56 Å². The van der Waals surface area contributed by atoms with Crippen molar-refractivity contribution >= 4 is 39.2 Å². The van der Waals surface area contributed by atoms with Crippen LogP contribution in [0.3, 0.4) is 0 Å². The molecule has 0 unspecified atom stereocenters. The normalized spacial score (nSPS) is 18.8. The molecule has 0 saturated carbocycles. The van der Waals surface area contributed by atoms with E-state index in [1.54, 1.807) is 11.3 Å². The second-order valence-corrected chi connectivity index (χ2v) is 8.97. The number of nitrogens with zero attached hydrogens (tertiary/aromatic N) is 2. The number of thiophene rings is 1. The Labute approximate surface area is 148 Å². The first-order valence-corrected chi connectivity index (χ1v) is 10.3. The predicted molar refractivity (Wildman–Crippen MR) is 98.0 cm³/mol. The second kappa shape index (κ2) is 6.52. The summed E-state index contributed by atoms with van der Waals surface area (Å²) in [5.41, 5.74) is 1.15. The van der Waals surface area contributed by atoms with Gasteiger partial charge in [-0.3, -0.25) is 9.59 Å². The van der Waals surface area contributed by atoms with E-state index in [1.807, 2.05) is 11.8 Å². The number of aromatic amines is 1. The number of fused-ring (bicyclic) bond motifs is 3. The van der Waals surface area contributed by atoms with Gasteiger partial charge in [0.1, 0.15) is 4.83 Å². The summed E-state index contributed by atoms with van der Waals surface area (Å²) >= 11 is 3.01. The Morgan fingerprint density at radius 1 is 1.25 bits per heavy atom. The van der Waals surface area contributed by atoms with Crippen molar-refractivity contribution in [3.05, 3.63) is 20.8 Å². The monoisotopic (exact) mass is 363 g/mol. The molecule has 1 fully saturated rings. The minimum Gasteiger partial charge on any atom is -0.342 e. The van der Waals surface area contributed by atoms with Gasteiger partial charge in [0.05, 0.1) is 10.6 Å². The Balaban J connectivity index is 1.60. The van der Waals surface area contributed by atoms with Gasteiger partial charge in [-0.2, -0.15) is 0 Å². The van der Waals surface area contributed by atoms with Crippen LogP contribution in [0, 0.1) is 0 Å². The first-order chi connectivity index (χ1) is 11.6. The number of H-pyrrole nitrogens is 1. The summed E-state index contributed by atoms with van der Waals surface area (Å²) in [7, 11) is 0. The number of aryl methyl sites for hydroxylation is 2. The van der Waals surface area contributed by atoms with Crippen LogP contribution in [0.5, 0.6) is 0 Å². The van der Waals surface area contributed by atoms with Crippen molar-refractivity contribution in [2.75, 3.05) is 13.1 Å². The highest BCUT2D eigenvalue weighted by atomic mass is 32.2. The third kappa shape index (κ3) is 2.88. The van der Waals surface area contributed by atoms with Gasteiger partial charge in [0.2, 0.25) is 5.91 Å². The molecule has 1 atom stereocenters. The fourth-order valence-corrected chi connectivity index (χ4v) is 5.81. The minimum atomic E-state index is -0.224. The van der Waals surface area contributed by atoms with E-state index < -0.39 is 0 Å². The maximum atomic E-state index is 12.5. The Morgan fingerprint density at radius 2 is 2.00 bits per heavy atom. The Kier molecular flexibility index (Phi) is 4.39. The number of carbonyl (C=O) groups excluding carboxylic acids is 1. The van der Waals surface area contributed by atoms with E-state index in [0.717, 1.165) is 55.4 Å². The van der Waals surface area contributed by atoms with Crippen molar-refractivity contribution in [3.8, 4) is 0 Å². The Hall–Kier alpha value is -1.34. The lowest BCUT2D eigenvalue weighted by molar-refractivity contribution is -0.129. The number of aromatic nitrogens is 2. The lowest BCUT2D eigenvalue weighted by Crippen LogP contribution is -2.34. The molecule has 4 rings (SSSR count). The smallest absolute Gasteiger partial charge is 0.260 e. The molecule has 24 heavy (non-hydrogen) atoms. The van der Waals surface area contributed by atoms with Gasteiger partial charge < -0.3 is 9.88 Å². The maximum absolute atomic E-state index is 12.5. The van der Waals surface area contributed by atoms with Crippen LogP contribution in [0.2, 0.25) is 0 Å². The number of hydrogen-bond donors (Lipinski definition) is 1. The first-order valence-electron chi connectivity index (χ1n) is 8.63. The standard InChI is InChI=1S/C17H21N3O2S2/c1-10(16(22)20-8-4-5-9-20)23-17-18-14(21)13-11-6-2-3-7-12(11)24-15(13)19-17/h10H,2-9H2,1H3,(H,18,19,21)/t10-/m0/s1. The van der Waals surface area contributed by atoms with Crippen LogP contribution in [0.15, 0.2) is 9.95 Å². The Morgan fingerprint density at radius 3 is 2.79 bits per heavy atom. The van der Waals surface area contributed by atoms with Crippen LogP contribution in [-0.2, 0) is 17.6 Å². The fraction of sp³-hybridized carbons (Fsp3) is 0.588. The molecular formula is C17H21N3O2S2. The molecule has 0 bridgehead atoms. The molecule has 128 valence electrons. The van der Waals surface area contributed by atoms with E-state index in [9.17, 15) is 9.59 Å². The van der Waals surface area contributed by atoms with Crippen LogP contribution in [-0.4, -0.2) is 39.1 Å². The zero-order valence-corrected chi connectivity index (χ0v) is 15.4. The van der Waals surface area contributed by atoms with E-state index in [4.69, 9.17) is 0 Å². The Bertz CT molecular complexity index is 836. The molecule has 2 aromatic rings. The number of thioether (sulfide) groups is 1. The van der Waals surface area contributed by atoms with Crippen LogP contribution in [0.1, 0.15) is 43.0 Å². The van der Waals surface area contributed by atoms with Crippen molar-refractivity contribution in [2.24, 2.45) is 0 Å². The average molecular weight is 364 g/mol. The van der Waals surface area contributed by atoms with Gasteiger partial charge in [-0.1, -0.05) is 11.8 Å². The summed E-state index contributed by atoms with van der Waals surface area (Å²) in [6, 6.07) is 0. The van der Waals surface area contributed by atoms with Crippen molar-refractivity contribution < 1.29 is 4.79 Å². The highest BCUT2D eigenvalue weighted by molar-refractivity contribution is 8.00. The third-order valence-electron chi connectivity index (χ3n) is 4.86. The van der Waals surface area contributed by atoms with E-state index in [-0.39, 0.29) is 16.7 Å². The maximum Gasteiger partial charge on any atom is 0.260 e.